The van der Waals surface area contributed by atoms with E-state index >= 15 is 0 Å². The number of amides is 1. The van der Waals surface area contributed by atoms with Crippen LogP contribution in [0.4, 0.5) is 0 Å². The fraction of sp³-hybridized carbons (Fsp3) is 0.286. The molecule has 4 rings (SSSR count). The fourth-order valence-corrected chi connectivity index (χ4v) is 4.03. The topological polar surface area (TPSA) is 64.1 Å². The van der Waals surface area contributed by atoms with E-state index in [9.17, 15) is 4.79 Å². The van der Waals surface area contributed by atoms with E-state index in [2.05, 4.69) is 15.3 Å². The number of nitrogens with zero attached hydrogens (tertiary/aromatic N) is 2. The number of carbonyl (C=O) groups excluding carboxylic acids is 1. The van der Waals surface area contributed by atoms with Crippen molar-refractivity contribution in [3.8, 4) is 5.88 Å². The lowest BCUT2D eigenvalue weighted by molar-refractivity contribution is -0.116. The van der Waals surface area contributed by atoms with Gasteiger partial charge in [0.15, 0.2) is 0 Å². The van der Waals surface area contributed by atoms with Crippen molar-refractivity contribution in [2.75, 3.05) is 0 Å². The van der Waals surface area contributed by atoms with Crippen molar-refractivity contribution >= 4 is 33.5 Å². The Bertz CT molecular complexity index is 928. The molecule has 0 atom stereocenters. The molecule has 27 heavy (non-hydrogen) atoms. The van der Waals surface area contributed by atoms with Crippen LogP contribution in [0.3, 0.4) is 0 Å². The third kappa shape index (κ3) is 4.71. The summed E-state index contributed by atoms with van der Waals surface area (Å²) < 4.78 is 7.03. The lowest BCUT2D eigenvalue weighted by Crippen LogP contribution is -2.20. The molecule has 0 radical (unpaired) electrons. The van der Waals surface area contributed by atoms with Gasteiger partial charge in [0.25, 0.3) is 0 Å². The number of thiazole rings is 1. The normalized spacial score (nSPS) is 14.8. The minimum Gasteiger partial charge on any atom is -0.474 e. The molecule has 0 aliphatic heterocycles. The molecular weight excluding hydrogens is 358 g/mol. The van der Waals surface area contributed by atoms with Crippen LogP contribution in [0.25, 0.3) is 16.3 Å². The Morgan fingerprint density at radius 3 is 2.96 bits per heavy atom. The molecule has 1 fully saturated rings. The molecule has 2 aromatic heterocycles. The molecule has 138 valence electrons. The van der Waals surface area contributed by atoms with Gasteiger partial charge in [-0.15, -0.1) is 11.3 Å². The summed E-state index contributed by atoms with van der Waals surface area (Å²) in [6.07, 6.45) is 9.92. The first-order chi connectivity index (χ1) is 13.3. The third-order valence-corrected chi connectivity index (χ3v) is 5.54. The lowest BCUT2D eigenvalue weighted by Gasteiger charge is -2.12. The van der Waals surface area contributed by atoms with Crippen molar-refractivity contribution in [1.29, 1.82) is 0 Å². The summed E-state index contributed by atoms with van der Waals surface area (Å²) in [7, 11) is 0. The number of ether oxygens (including phenoxy) is 1. The predicted molar refractivity (Wildman–Crippen MR) is 108 cm³/mol. The quantitative estimate of drug-likeness (QED) is 0.647. The van der Waals surface area contributed by atoms with Gasteiger partial charge in [-0.2, -0.15) is 0 Å². The number of hydrogen-bond donors (Lipinski definition) is 1. The monoisotopic (exact) mass is 379 g/mol. The summed E-state index contributed by atoms with van der Waals surface area (Å²) in [6.45, 7) is 0.437. The van der Waals surface area contributed by atoms with E-state index in [1.807, 2.05) is 36.4 Å². The number of aromatic nitrogens is 2. The van der Waals surface area contributed by atoms with E-state index in [-0.39, 0.29) is 12.0 Å². The maximum Gasteiger partial charge on any atom is 0.244 e. The smallest absolute Gasteiger partial charge is 0.244 e. The van der Waals surface area contributed by atoms with Crippen LogP contribution in [0.2, 0.25) is 0 Å². The number of hydrogen-bond acceptors (Lipinski definition) is 5. The lowest BCUT2D eigenvalue weighted by atomic mass is 10.2. The van der Waals surface area contributed by atoms with Gasteiger partial charge >= 0.3 is 0 Å². The average Bonchev–Trinajstić information content (AvgIpc) is 3.34. The van der Waals surface area contributed by atoms with Gasteiger partial charge in [0.05, 0.1) is 10.2 Å². The van der Waals surface area contributed by atoms with Gasteiger partial charge in [-0.05, 0) is 55.5 Å². The summed E-state index contributed by atoms with van der Waals surface area (Å²) in [4.78, 5) is 20.9. The highest BCUT2D eigenvalue weighted by Gasteiger charge is 2.17. The van der Waals surface area contributed by atoms with Crippen LogP contribution in [-0.2, 0) is 11.3 Å². The van der Waals surface area contributed by atoms with Crippen LogP contribution in [-0.4, -0.2) is 22.0 Å². The molecule has 0 unspecified atom stereocenters. The minimum atomic E-state index is -0.149. The number of fused-ring (bicyclic) bond motifs is 1. The zero-order chi connectivity index (χ0) is 18.5. The van der Waals surface area contributed by atoms with Gasteiger partial charge in [-0.1, -0.05) is 12.1 Å². The van der Waals surface area contributed by atoms with Crippen LogP contribution in [0, 0.1) is 0 Å². The first-order valence-electron chi connectivity index (χ1n) is 9.19. The Kier molecular flexibility index (Phi) is 5.44. The molecule has 1 aromatic carbocycles. The van der Waals surface area contributed by atoms with Gasteiger partial charge in [0.1, 0.15) is 11.1 Å². The Labute approximate surface area is 162 Å². The second-order valence-electron chi connectivity index (χ2n) is 6.60. The van der Waals surface area contributed by atoms with Crippen LogP contribution in [0.15, 0.2) is 48.7 Å². The maximum atomic E-state index is 12.1. The number of para-hydroxylation sites is 1. The Balaban J connectivity index is 1.32. The standard InChI is InChI=1S/C21H21N3O2S/c25-19(9-10-21-24-17-7-3-4-8-18(17)27-21)23-14-15-11-12-22-20(13-15)26-16-5-1-2-6-16/h3-4,7-13,16H,1-2,5-6,14H2,(H,23,25)/b10-9+. The van der Waals surface area contributed by atoms with Crippen LogP contribution in [0.1, 0.15) is 36.3 Å². The summed E-state index contributed by atoms with van der Waals surface area (Å²) >= 11 is 1.57. The number of rotatable bonds is 6. The van der Waals surface area contributed by atoms with Crippen LogP contribution in [0.5, 0.6) is 5.88 Å². The van der Waals surface area contributed by atoms with E-state index in [1.54, 1.807) is 23.6 Å². The van der Waals surface area contributed by atoms with Gasteiger partial charge in [0, 0.05) is 24.9 Å². The third-order valence-electron chi connectivity index (χ3n) is 4.54. The van der Waals surface area contributed by atoms with Crippen molar-refractivity contribution < 1.29 is 9.53 Å². The predicted octanol–water partition coefficient (Wildman–Crippen LogP) is 4.34. The molecule has 3 aromatic rings. The largest absolute Gasteiger partial charge is 0.474 e. The summed E-state index contributed by atoms with van der Waals surface area (Å²) in [5.74, 6) is 0.489. The highest BCUT2D eigenvalue weighted by atomic mass is 32.1. The van der Waals surface area contributed by atoms with Gasteiger partial charge in [-0.3, -0.25) is 4.79 Å². The molecule has 0 spiro atoms. The van der Waals surface area contributed by atoms with Crippen LogP contribution < -0.4 is 10.1 Å². The number of benzene rings is 1. The highest BCUT2D eigenvalue weighted by Crippen LogP contribution is 2.23. The molecule has 0 bridgehead atoms. The van der Waals surface area contributed by atoms with Gasteiger partial charge in [-0.25, -0.2) is 9.97 Å². The fourth-order valence-electron chi connectivity index (χ4n) is 3.16. The molecule has 2 heterocycles. The van der Waals surface area contributed by atoms with Crippen LogP contribution >= 0.6 is 11.3 Å². The zero-order valence-corrected chi connectivity index (χ0v) is 15.7. The van der Waals surface area contributed by atoms with Crippen molar-refractivity contribution in [3.05, 3.63) is 59.2 Å². The number of pyridine rings is 1. The van der Waals surface area contributed by atoms with E-state index in [1.165, 1.54) is 18.9 Å². The van der Waals surface area contributed by atoms with Crippen molar-refractivity contribution in [3.63, 3.8) is 0 Å². The first-order valence-corrected chi connectivity index (χ1v) is 10.0. The average molecular weight is 379 g/mol. The Hall–Kier alpha value is -2.73. The SMILES string of the molecule is O=C(/C=C/c1nc2ccccc2s1)NCc1ccnc(OC2CCCC2)c1. The molecule has 1 aliphatic rings. The molecule has 0 saturated heterocycles. The van der Waals surface area contributed by atoms with Gasteiger partial charge < -0.3 is 10.1 Å². The van der Waals surface area contributed by atoms with Crippen molar-refractivity contribution in [1.82, 2.24) is 15.3 Å². The van der Waals surface area contributed by atoms with E-state index in [0.29, 0.717) is 12.4 Å². The number of carbonyl (C=O) groups is 1. The molecular formula is C21H21N3O2S. The molecule has 1 N–H and O–H groups in total. The van der Waals surface area contributed by atoms with Crippen molar-refractivity contribution in [2.24, 2.45) is 0 Å². The van der Waals surface area contributed by atoms with Gasteiger partial charge in [0.2, 0.25) is 11.8 Å². The minimum absolute atomic E-state index is 0.149. The molecule has 6 heteroatoms. The zero-order valence-electron chi connectivity index (χ0n) is 14.9. The Morgan fingerprint density at radius 1 is 1.26 bits per heavy atom. The summed E-state index contributed by atoms with van der Waals surface area (Å²) in [5, 5.41) is 3.71. The molecule has 1 saturated carbocycles. The molecule has 1 amide bonds. The molecule has 5 nitrogen and oxygen atoms in total. The van der Waals surface area contributed by atoms with E-state index < -0.39 is 0 Å². The van der Waals surface area contributed by atoms with E-state index in [0.717, 1.165) is 33.6 Å². The second kappa shape index (κ2) is 8.31. The summed E-state index contributed by atoms with van der Waals surface area (Å²) in [5.41, 5.74) is 1.92. The highest BCUT2D eigenvalue weighted by molar-refractivity contribution is 7.19. The summed E-state index contributed by atoms with van der Waals surface area (Å²) in [6, 6.07) is 11.7. The molecule has 1 aliphatic carbocycles. The number of nitrogens with one attached hydrogen (secondary N) is 1. The second-order valence-corrected chi connectivity index (χ2v) is 7.66. The maximum absolute atomic E-state index is 12.1. The van der Waals surface area contributed by atoms with E-state index in [4.69, 9.17) is 4.74 Å². The first kappa shape index (κ1) is 17.7. The van der Waals surface area contributed by atoms with Crippen molar-refractivity contribution in [2.45, 2.75) is 38.3 Å². The Morgan fingerprint density at radius 2 is 2.11 bits per heavy atom.